The van der Waals surface area contributed by atoms with Crippen molar-refractivity contribution in [3.05, 3.63) is 17.0 Å². The zero-order chi connectivity index (χ0) is 9.47. The molecule has 2 rings (SSSR count). The summed E-state index contributed by atoms with van der Waals surface area (Å²) in [6.07, 6.45) is 3.40. The lowest BCUT2D eigenvalue weighted by molar-refractivity contribution is -0.0274. The number of aromatic amines is 1. The molecule has 1 heterocycles. The van der Waals surface area contributed by atoms with Crippen molar-refractivity contribution < 1.29 is 4.84 Å². The zero-order valence-electron chi connectivity index (χ0n) is 8.05. The highest BCUT2D eigenvalue weighted by molar-refractivity contribution is 5.32. The van der Waals surface area contributed by atoms with Crippen LogP contribution in [-0.4, -0.2) is 10.2 Å². The van der Waals surface area contributed by atoms with Crippen LogP contribution in [0.15, 0.2) is 0 Å². The molecule has 72 valence electrons. The van der Waals surface area contributed by atoms with E-state index in [1.54, 1.807) is 0 Å². The maximum atomic E-state index is 5.24. The summed E-state index contributed by atoms with van der Waals surface area (Å²) < 4.78 is 0. The van der Waals surface area contributed by atoms with Crippen LogP contribution in [-0.2, 0) is 23.3 Å². The van der Waals surface area contributed by atoms with Gasteiger partial charge in [-0.15, -0.1) is 0 Å². The van der Waals surface area contributed by atoms with Crippen LogP contribution in [0.4, 0.5) is 0 Å². The number of H-pyrrole nitrogens is 1. The lowest BCUT2D eigenvalue weighted by atomic mass is 10.00. The monoisotopic (exact) mass is 181 g/mol. The molecule has 0 bridgehead atoms. The second kappa shape index (κ2) is 2.82. The number of hydrogen-bond donors (Lipinski definition) is 2. The minimum atomic E-state index is -0.478. The van der Waals surface area contributed by atoms with Crippen LogP contribution < -0.4 is 5.90 Å². The van der Waals surface area contributed by atoms with Crippen LogP contribution in [0.3, 0.4) is 0 Å². The lowest BCUT2D eigenvalue weighted by Crippen LogP contribution is -2.27. The number of nitrogens with zero attached hydrogens (tertiary/aromatic N) is 1. The third kappa shape index (κ3) is 1.26. The molecule has 0 atom stereocenters. The van der Waals surface area contributed by atoms with Crippen LogP contribution in [0.5, 0.6) is 0 Å². The third-order valence-corrected chi connectivity index (χ3v) is 2.67. The average molecular weight is 181 g/mol. The summed E-state index contributed by atoms with van der Waals surface area (Å²) in [7, 11) is 0. The predicted octanol–water partition coefficient (Wildman–Crippen LogP) is 1.02. The first kappa shape index (κ1) is 8.72. The Hall–Kier alpha value is -0.870. The molecule has 0 amide bonds. The summed E-state index contributed by atoms with van der Waals surface area (Å²) in [4.78, 5) is 4.92. The van der Waals surface area contributed by atoms with Gasteiger partial charge in [0.2, 0.25) is 0 Å². The van der Waals surface area contributed by atoms with Crippen LogP contribution in [0.25, 0.3) is 0 Å². The summed E-state index contributed by atoms with van der Waals surface area (Å²) >= 11 is 0. The highest BCUT2D eigenvalue weighted by atomic mass is 16.6. The Kier molecular flexibility index (Phi) is 1.89. The smallest absolute Gasteiger partial charge is 0.128 e. The van der Waals surface area contributed by atoms with Gasteiger partial charge in [-0.25, -0.2) is 5.90 Å². The highest BCUT2D eigenvalue weighted by Crippen LogP contribution is 2.31. The topological polar surface area (TPSA) is 63.9 Å². The molecular formula is C9H15N3O. The van der Waals surface area contributed by atoms with Crippen LogP contribution in [0, 0.1) is 0 Å². The standard InChI is InChI=1S/C9H15N3O/c1-9(2,13-10)8-6-4-3-5-7(6)11-12-8/h3-5,10H2,1-2H3,(H,11,12). The summed E-state index contributed by atoms with van der Waals surface area (Å²) in [5, 5.41) is 7.29. The summed E-state index contributed by atoms with van der Waals surface area (Å²) in [5.41, 5.74) is 3.03. The molecule has 0 fully saturated rings. The van der Waals surface area contributed by atoms with E-state index in [1.165, 1.54) is 17.7 Å². The van der Waals surface area contributed by atoms with Crippen molar-refractivity contribution in [1.82, 2.24) is 10.2 Å². The van der Waals surface area contributed by atoms with Crippen LogP contribution >= 0.6 is 0 Å². The fourth-order valence-electron chi connectivity index (χ4n) is 1.87. The van der Waals surface area contributed by atoms with E-state index in [0.29, 0.717) is 0 Å². The number of aryl methyl sites for hydroxylation is 1. The third-order valence-electron chi connectivity index (χ3n) is 2.67. The van der Waals surface area contributed by atoms with Crippen molar-refractivity contribution in [2.24, 2.45) is 5.90 Å². The van der Waals surface area contributed by atoms with E-state index < -0.39 is 5.60 Å². The maximum absolute atomic E-state index is 5.24. The van der Waals surface area contributed by atoms with E-state index in [9.17, 15) is 0 Å². The van der Waals surface area contributed by atoms with Gasteiger partial charge in [0.05, 0.1) is 5.69 Å². The van der Waals surface area contributed by atoms with Gasteiger partial charge in [0.15, 0.2) is 0 Å². The largest absolute Gasteiger partial charge is 0.292 e. The number of nitrogens with one attached hydrogen (secondary N) is 1. The molecule has 4 heteroatoms. The average Bonchev–Trinajstić information content (AvgIpc) is 2.62. The summed E-state index contributed by atoms with van der Waals surface area (Å²) in [6, 6.07) is 0. The van der Waals surface area contributed by atoms with Crippen LogP contribution in [0.1, 0.15) is 37.2 Å². The molecular weight excluding hydrogens is 166 g/mol. The van der Waals surface area contributed by atoms with Gasteiger partial charge in [0.1, 0.15) is 5.60 Å². The molecule has 0 spiro atoms. The predicted molar refractivity (Wildman–Crippen MR) is 48.9 cm³/mol. The van der Waals surface area contributed by atoms with Gasteiger partial charge in [-0.3, -0.25) is 9.94 Å². The van der Waals surface area contributed by atoms with Crippen molar-refractivity contribution in [2.75, 3.05) is 0 Å². The van der Waals surface area contributed by atoms with Gasteiger partial charge in [0, 0.05) is 5.69 Å². The molecule has 0 radical (unpaired) electrons. The van der Waals surface area contributed by atoms with Gasteiger partial charge in [0.25, 0.3) is 0 Å². The maximum Gasteiger partial charge on any atom is 0.128 e. The number of fused-ring (bicyclic) bond motifs is 1. The molecule has 0 saturated heterocycles. The van der Waals surface area contributed by atoms with E-state index in [1.807, 2.05) is 13.8 Å². The lowest BCUT2D eigenvalue weighted by Gasteiger charge is -2.20. The first-order valence-electron chi connectivity index (χ1n) is 4.59. The van der Waals surface area contributed by atoms with E-state index >= 15 is 0 Å². The van der Waals surface area contributed by atoms with Crippen molar-refractivity contribution in [3.63, 3.8) is 0 Å². The second-order valence-corrected chi connectivity index (χ2v) is 4.01. The fraction of sp³-hybridized carbons (Fsp3) is 0.667. The Morgan fingerprint density at radius 1 is 1.46 bits per heavy atom. The number of rotatable bonds is 2. The molecule has 0 aromatic carbocycles. The van der Waals surface area contributed by atoms with E-state index in [4.69, 9.17) is 10.7 Å². The van der Waals surface area contributed by atoms with Gasteiger partial charge >= 0.3 is 0 Å². The Morgan fingerprint density at radius 3 is 2.92 bits per heavy atom. The highest BCUT2D eigenvalue weighted by Gasteiger charge is 2.30. The van der Waals surface area contributed by atoms with Gasteiger partial charge in [-0.1, -0.05) is 0 Å². The quantitative estimate of drug-likeness (QED) is 0.669. The minimum absolute atomic E-state index is 0.478. The Morgan fingerprint density at radius 2 is 2.23 bits per heavy atom. The molecule has 1 aliphatic carbocycles. The van der Waals surface area contributed by atoms with Crippen molar-refractivity contribution in [1.29, 1.82) is 0 Å². The van der Waals surface area contributed by atoms with Crippen LogP contribution in [0.2, 0.25) is 0 Å². The van der Waals surface area contributed by atoms with E-state index in [2.05, 4.69) is 10.2 Å². The molecule has 0 aliphatic heterocycles. The van der Waals surface area contributed by atoms with Crippen molar-refractivity contribution in [2.45, 2.75) is 38.7 Å². The first-order valence-corrected chi connectivity index (χ1v) is 4.59. The molecule has 4 nitrogen and oxygen atoms in total. The van der Waals surface area contributed by atoms with E-state index in [-0.39, 0.29) is 0 Å². The SMILES string of the molecule is CC(C)(ON)c1n[nH]c2c1CCC2. The zero-order valence-corrected chi connectivity index (χ0v) is 8.05. The minimum Gasteiger partial charge on any atom is -0.292 e. The molecule has 1 aromatic heterocycles. The summed E-state index contributed by atoms with van der Waals surface area (Å²) in [6.45, 7) is 3.86. The Labute approximate surface area is 77.4 Å². The molecule has 0 unspecified atom stereocenters. The molecule has 13 heavy (non-hydrogen) atoms. The molecule has 3 N–H and O–H groups in total. The van der Waals surface area contributed by atoms with Gasteiger partial charge in [-0.2, -0.15) is 5.10 Å². The van der Waals surface area contributed by atoms with E-state index in [0.717, 1.165) is 18.5 Å². The second-order valence-electron chi connectivity index (χ2n) is 4.01. The first-order chi connectivity index (χ1) is 6.15. The van der Waals surface area contributed by atoms with Gasteiger partial charge in [-0.05, 0) is 38.7 Å². The normalized spacial score (nSPS) is 16.2. The number of aromatic nitrogens is 2. The van der Waals surface area contributed by atoms with Crippen molar-refractivity contribution in [3.8, 4) is 0 Å². The summed E-state index contributed by atoms with van der Waals surface area (Å²) in [5.74, 6) is 5.24. The van der Waals surface area contributed by atoms with Gasteiger partial charge < -0.3 is 0 Å². The van der Waals surface area contributed by atoms with Crippen molar-refractivity contribution >= 4 is 0 Å². The fourth-order valence-corrected chi connectivity index (χ4v) is 1.87. The molecule has 1 aromatic rings. The molecule has 0 saturated carbocycles. The Bertz CT molecular complexity index is 317. The number of nitrogens with two attached hydrogens (primary N) is 1. The molecule has 1 aliphatic rings. The number of hydrogen-bond acceptors (Lipinski definition) is 3. The Balaban J connectivity index is 2.41.